The van der Waals surface area contributed by atoms with Crippen LogP contribution < -0.4 is 9.64 Å². The first-order valence-electron chi connectivity index (χ1n) is 9.22. The molecule has 3 aromatic carbocycles. The fourth-order valence-corrected chi connectivity index (χ4v) is 6.90. The average Bonchev–Trinajstić information content (AvgIpc) is 3.02. The van der Waals surface area contributed by atoms with Gasteiger partial charge in [-0.15, -0.1) is 0 Å². The predicted octanol–water partition coefficient (Wildman–Crippen LogP) is 8.19. The van der Waals surface area contributed by atoms with Gasteiger partial charge in [-0.25, -0.2) is 0 Å². The van der Waals surface area contributed by atoms with Crippen LogP contribution in [0.5, 0.6) is 5.75 Å². The van der Waals surface area contributed by atoms with Gasteiger partial charge in [-0.1, -0.05) is 71.4 Å². The van der Waals surface area contributed by atoms with Crippen LogP contribution in [0.4, 0.5) is 5.69 Å². The van der Waals surface area contributed by atoms with Gasteiger partial charge in [0.25, 0.3) is 5.91 Å². The van der Waals surface area contributed by atoms with Crippen LogP contribution in [0, 0.1) is 7.14 Å². The Hall–Kier alpha value is -0.850. The SMILES string of the molecule is O=C1/C(=C\c2cc(I)c(OCc3ccc(Cl)cc3Cl)c(I)c2)SC(=S)N1c1ccccc1. The van der Waals surface area contributed by atoms with Gasteiger partial charge < -0.3 is 4.74 Å². The van der Waals surface area contributed by atoms with E-state index in [0.717, 1.165) is 29.7 Å². The summed E-state index contributed by atoms with van der Waals surface area (Å²) < 4.78 is 8.44. The number of hydrogen-bond acceptors (Lipinski definition) is 4. The van der Waals surface area contributed by atoms with E-state index >= 15 is 0 Å². The molecule has 3 aromatic rings. The number of carbonyl (C=O) groups is 1. The molecule has 1 aliphatic heterocycles. The van der Waals surface area contributed by atoms with Crippen LogP contribution in [0.3, 0.4) is 0 Å². The van der Waals surface area contributed by atoms with Crippen molar-refractivity contribution in [1.82, 2.24) is 0 Å². The van der Waals surface area contributed by atoms with Crippen molar-refractivity contribution in [2.75, 3.05) is 4.90 Å². The molecule has 32 heavy (non-hydrogen) atoms. The topological polar surface area (TPSA) is 29.5 Å². The number of anilines is 1. The van der Waals surface area contributed by atoms with E-state index in [9.17, 15) is 4.79 Å². The lowest BCUT2D eigenvalue weighted by Crippen LogP contribution is -2.27. The van der Waals surface area contributed by atoms with Gasteiger partial charge in [0, 0.05) is 15.6 Å². The Labute approximate surface area is 232 Å². The molecule has 9 heteroatoms. The van der Waals surface area contributed by atoms with E-state index in [-0.39, 0.29) is 5.91 Å². The number of amides is 1. The molecule has 0 aromatic heterocycles. The number of benzene rings is 3. The minimum atomic E-state index is -0.117. The molecule has 0 spiro atoms. The highest BCUT2D eigenvalue weighted by atomic mass is 127. The summed E-state index contributed by atoms with van der Waals surface area (Å²) >= 11 is 23.4. The fourth-order valence-electron chi connectivity index (χ4n) is 3.01. The van der Waals surface area contributed by atoms with Crippen molar-refractivity contribution in [1.29, 1.82) is 0 Å². The van der Waals surface area contributed by atoms with Gasteiger partial charge in [-0.3, -0.25) is 9.69 Å². The number of halogens is 4. The first-order valence-corrected chi connectivity index (χ1v) is 13.4. The number of ether oxygens (including phenoxy) is 1. The minimum Gasteiger partial charge on any atom is -0.487 e. The second-order valence-electron chi connectivity index (χ2n) is 6.69. The highest BCUT2D eigenvalue weighted by Crippen LogP contribution is 2.37. The Morgan fingerprint density at radius 2 is 1.72 bits per heavy atom. The van der Waals surface area contributed by atoms with Gasteiger partial charge in [0.2, 0.25) is 0 Å². The molecule has 162 valence electrons. The summed E-state index contributed by atoms with van der Waals surface area (Å²) in [5.41, 5.74) is 2.53. The standard InChI is InChI=1S/C23H13Cl2I2NO2S2/c24-15-7-6-14(17(25)11-15)12-30-21-18(26)8-13(9-19(21)27)10-20-22(29)28(23(31)32-20)16-4-2-1-3-5-16/h1-11H,12H2/b20-10+. The lowest BCUT2D eigenvalue weighted by molar-refractivity contribution is -0.113. The fraction of sp³-hybridized carbons (Fsp3) is 0.0435. The summed E-state index contributed by atoms with van der Waals surface area (Å²) in [4.78, 5) is 15.1. The summed E-state index contributed by atoms with van der Waals surface area (Å²) in [6, 6.07) is 18.7. The van der Waals surface area contributed by atoms with E-state index in [4.69, 9.17) is 40.2 Å². The molecule has 0 unspecified atom stereocenters. The lowest BCUT2D eigenvalue weighted by atomic mass is 10.2. The van der Waals surface area contributed by atoms with E-state index in [2.05, 4.69) is 45.2 Å². The maximum atomic E-state index is 13.0. The van der Waals surface area contributed by atoms with Crippen LogP contribution >= 0.6 is 92.4 Å². The molecule has 0 saturated carbocycles. The largest absolute Gasteiger partial charge is 0.487 e. The van der Waals surface area contributed by atoms with Crippen molar-refractivity contribution in [3.8, 4) is 5.75 Å². The van der Waals surface area contributed by atoms with E-state index in [1.54, 1.807) is 17.0 Å². The van der Waals surface area contributed by atoms with Crippen LogP contribution in [0.2, 0.25) is 10.0 Å². The van der Waals surface area contributed by atoms with Crippen LogP contribution in [-0.4, -0.2) is 10.2 Å². The first kappa shape index (κ1) is 24.3. The third-order valence-corrected chi connectivity index (χ3v) is 8.01. The Morgan fingerprint density at radius 3 is 2.38 bits per heavy atom. The summed E-state index contributed by atoms with van der Waals surface area (Å²) in [5, 5.41) is 1.16. The van der Waals surface area contributed by atoms with Crippen LogP contribution in [0.25, 0.3) is 6.08 Å². The number of thioether (sulfide) groups is 1. The molecule has 0 bridgehead atoms. The van der Waals surface area contributed by atoms with E-state index < -0.39 is 0 Å². The Bertz CT molecular complexity index is 1230. The molecule has 1 aliphatic rings. The van der Waals surface area contributed by atoms with Crippen molar-refractivity contribution in [2.24, 2.45) is 0 Å². The quantitative estimate of drug-likeness (QED) is 0.151. The van der Waals surface area contributed by atoms with Crippen molar-refractivity contribution in [3.05, 3.63) is 93.9 Å². The van der Waals surface area contributed by atoms with E-state index in [0.29, 0.717) is 25.9 Å². The van der Waals surface area contributed by atoms with Crippen LogP contribution in [0.15, 0.2) is 65.6 Å². The minimum absolute atomic E-state index is 0.117. The van der Waals surface area contributed by atoms with Crippen molar-refractivity contribution in [3.63, 3.8) is 0 Å². The van der Waals surface area contributed by atoms with Crippen LogP contribution in [0.1, 0.15) is 11.1 Å². The summed E-state index contributed by atoms with van der Waals surface area (Å²) in [6.45, 7) is 0.330. The highest BCUT2D eigenvalue weighted by molar-refractivity contribution is 14.1. The number of nitrogens with zero attached hydrogens (tertiary/aromatic N) is 1. The second-order valence-corrected chi connectivity index (χ2v) is 11.5. The molecular formula is C23H13Cl2I2NO2S2. The van der Waals surface area contributed by atoms with E-state index in [1.165, 1.54) is 11.8 Å². The van der Waals surface area contributed by atoms with Gasteiger partial charge in [0.15, 0.2) is 4.32 Å². The van der Waals surface area contributed by atoms with Crippen molar-refractivity contribution in [2.45, 2.75) is 6.61 Å². The molecule has 0 N–H and O–H groups in total. The summed E-state index contributed by atoms with van der Waals surface area (Å²) in [5.74, 6) is 0.653. The number of para-hydroxylation sites is 1. The van der Waals surface area contributed by atoms with Crippen LogP contribution in [-0.2, 0) is 11.4 Å². The molecule has 1 fully saturated rings. The molecule has 4 rings (SSSR count). The molecule has 1 saturated heterocycles. The molecule has 1 heterocycles. The van der Waals surface area contributed by atoms with Crippen molar-refractivity contribution >= 4 is 114 Å². The zero-order valence-corrected chi connectivity index (χ0v) is 23.6. The second kappa shape index (κ2) is 10.6. The average molecular weight is 724 g/mol. The maximum absolute atomic E-state index is 13.0. The molecule has 1 amide bonds. The summed E-state index contributed by atoms with van der Waals surface area (Å²) in [7, 11) is 0. The zero-order chi connectivity index (χ0) is 22.8. The Morgan fingerprint density at radius 1 is 1.03 bits per heavy atom. The maximum Gasteiger partial charge on any atom is 0.270 e. The zero-order valence-electron chi connectivity index (χ0n) is 16.2. The van der Waals surface area contributed by atoms with Gasteiger partial charge in [-0.05, 0) is 93.2 Å². The number of thiocarbonyl (C=S) groups is 1. The highest BCUT2D eigenvalue weighted by Gasteiger charge is 2.33. The monoisotopic (exact) mass is 723 g/mol. The molecular weight excluding hydrogens is 711 g/mol. The molecule has 0 aliphatic carbocycles. The lowest BCUT2D eigenvalue weighted by Gasteiger charge is -2.14. The molecule has 0 radical (unpaired) electrons. The number of carbonyl (C=O) groups excluding carboxylic acids is 1. The third kappa shape index (κ3) is 5.44. The third-order valence-electron chi connectivity index (χ3n) is 4.51. The predicted molar refractivity (Wildman–Crippen MR) is 155 cm³/mol. The van der Waals surface area contributed by atoms with Crippen molar-refractivity contribution < 1.29 is 9.53 Å². The smallest absolute Gasteiger partial charge is 0.270 e. The summed E-state index contributed by atoms with van der Waals surface area (Å²) in [6.07, 6.45) is 1.87. The number of rotatable bonds is 5. The Balaban J connectivity index is 1.55. The first-order chi connectivity index (χ1) is 15.3. The normalized spacial score (nSPS) is 15.0. The number of hydrogen-bond donors (Lipinski definition) is 0. The van der Waals surface area contributed by atoms with Gasteiger partial charge in [0.05, 0.1) is 17.7 Å². The molecule has 3 nitrogen and oxygen atoms in total. The van der Waals surface area contributed by atoms with Gasteiger partial charge >= 0.3 is 0 Å². The Kier molecular flexibility index (Phi) is 8.05. The molecule has 0 atom stereocenters. The van der Waals surface area contributed by atoms with Gasteiger partial charge in [0.1, 0.15) is 12.4 Å². The van der Waals surface area contributed by atoms with E-state index in [1.807, 2.05) is 54.6 Å². The van der Waals surface area contributed by atoms with Gasteiger partial charge in [-0.2, -0.15) is 0 Å².